The van der Waals surface area contributed by atoms with Crippen LogP contribution in [-0.2, 0) is 17.8 Å². The first-order chi connectivity index (χ1) is 11.5. The zero-order valence-corrected chi connectivity index (χ0v) is 15.2. The van der Waals surface area contributed by atoms with Gasteiger partial charge in [-0.15, -0.1) is 0 Å². The van der Waals surface area contributed by atoms with E-state index in [9.17, 15) is 9.00 Å². The number of nitrogens with zero attached hydrogens (tertiary/aromatic N) is 1. The fourth-order valence-corrected chi connectivity index (χ4v) is 3.49. The predicted octanol–water partition coefficient (Wildman–Crippen LogP) is 3.28. The highest BCUT2D eigenvalue weighted by molar-refractivity contribution is 7.85. The Bertz CT molecular complexity index is 811. The average molecular weight is 345 g/mol. The van der Waals surface area contributed by atoms with E-state index in [0.717, 1.165) is 21.8 Å². The molecule has 24 heavy (non-hydrogen) atoms. The van der Waals surface area contributed by atoms with E-state index in [1.54, 1.807) is 11.6 Å². The summed E-state index contributed by atoms with van der Waals surface area (Å²) in [6.45, 7) is 4.43. The van der Waals surface area contributed by atoms with Crippen molar-refractivity contribution in [3.05, 3.63) is 46.4 Å². The van der Waals surface area contributed by atoms with Crippen molar-refractivity contribution < 1.29 is 8.95 Å². The fourth-order valence-electron chi connectivity index (χ4n) is 2.69. The third-order valence-electron chi connectivity index (χ3n) is 4.32. The second-order valence-electron chi connectivity index (χ2n) is 6.37. The molecule has 0 aliphatic heterocycles. The monoisotopic (exact) mass is 345 g/mol. The first kappa shape index (κ1) is 17.0. The van der Waals surface area contributed by atoms with Crippen LogP contribution < -0.4 is 10.3 Å². The van der Waals surface area contributed by atoms with Crippen molar-refractivity contribution >= 4 is 10.8 Å². The summed E-state index contributed by atoms with van der Waals surface area (Å²) in [5, 5.41) is 0. The van der Waals surface area contributed by atoms with Crippen LogP contribution in [0.3, 0.4) is 0 Å². The minimum absolute atomic E-state index is 0.00696. The molecule has 0 N–H and O–H groups in total. The molecule has 2 aromatic rings. The van der Waals surface area contributed by atoms with E-state index in [-0.39, 0.29) is 5.56 Å². The molecule has 1 aromatic heterocycles. The van der Waals surface area contributed by atoms with Crippen LogP contribution in [0.15, 0.2) is 40.2 Å². The van der Waals surface area contributed by atoms with E-state index in [1.165, 1.54) is 12.8 Å². The van der Waals surface area contributed by atoms with Crippen LogP contribution in [0.5, 0.6) is 5.75 Å². The van der Waals surface area contributed by atoms with Crippen LogP contribution in [0.1, 0.15) is 25.3 Å². The molecule has 128 valence electrons. The van der Waals surface area contributed by atoms with Gasteiger partial charge in [0, 0.05) is 40.6 Å². The molecule has 1 aliphatic carbocycles. The molecular formula is C19H23NO3S. The summed E-state index contributed by atoms with van der Waals surface area (Å²) in [5.41, 5.74) is 2.49. The number of benzene rings is 1. The Hall–Kier alpha value is -1.88. The number of aryl methyl sites for hydroxylation is 2. The summed E-state index contributed by atoms with van der Waals surface area (Å²) in [4.78, 5) is 12.8. The molecule has 1 unspecified atom stereocenters. The number of aromatic nitrogens is 1. The van der Waals surface area contributed by atoms with Gasteiger partial charge in [0.05, 0.1) is 17.4 Å². The molecular weight excluding hydrogens is 322 g/mol. The third-order valence-corrected chi connectivity index (χ3v) is 5.63. The maximum atomic E-state index is 12.2. The summed E-state index contributed by atoms with van der Waals surface area (Å²) in [5.74, 6) is 2.02. The molecule has 1 heterocycles. The summed E-state index contributed by atoms with van der Waals surface area (Å²) in [6.07, 6.45) is 4.27. The molecule has 0 amide bonds. The summed E-state index contributed by atoms with van der Waals surface area (Å²) >= 11 is 0. The average Bonchev–Trinajstić information content (AvgIpc) is 3.41. The van der Waals surface area contributed by atoms with Crippen LogP contribution in [0.25, 0.3) is 11.1 Å². The Balaban J connectivity index is 2.06. The van der Waals surface area contributed by atoms with Gasteiger partial charge in [-0.05, 0) is 49.9 Å². The molecule has 0 saturated heterocycles. The molecule has 1 atom stereocenters. The predicted molar refractivity (Wildman–Crippen MR) is 97.0 cm³/mol. The highest BCUT2D eigenvalue weighted by Crippen LogP contribution is 2.35. The second kappa shape index (κ2) is 6.93. The van der Waals surface area contributed by atoms with E-state index in [1.807, 2.05) is 44.3 Å². The molecule has 1 saturated carbocycles. The summed E-state index contributed by atoms with van der Waals surface area (Å²) in [7, 11) is 0.725. The standard InChI is InChI=1S/C19H23NO3S/c1-4-24(22)16-7-8-18(23-12-14-5-6-14)17(10-16)15-9-13(2)19(21)20(3)11-15/h7-11,14H,4-6,12H2,1-3H3. The van der Waals surface area contributed by atoms with Gasteiger partial charge in [0.25, 0.3) is 5.56 Å². The van der Waals surface area contributed by atoms with Crippen LogP contribution in [0.4, 0.5) is 0 Å². The second-order valence-corrected chi connectivity index (χ2v) is 8.11. The Morgan fingerprint density at radius 1 is 1.29 bits per heavy atom. The lowest BCUT2D eigenvalue weighted by atomic mass is 10.0. The van der Waals surface area contributed by atoms with Crippen molar-refractivity contribution in [2.24, 2.45) is 13.0 Å². The van der Waals surface area contributed by atoms with Gasteiger partial charge >= 0.3 is 0 Å². The molecule has 0 radical (unpaired) electrons. The van der Waals surface area contributed by atoms with Gasteiger partial charge in [0.2, 0.25) is 0 Å². The van der Waals surface area contributed by atoms with Crippen LogP contribution >= 0.6 is 0 Å². The normalized spacial score (nSPS) is 15.3. The maximum Gasteiger partial charge on any atom is 0.253 e. The van der Waals surface area contributed by atoms with E-state index in [2.05, 4.69) is 0 Å². The van der Waals surface area contributed by atoms with Crippen molar-refractivity contribution in [3.8, 4) is 16.9 Å². The topological polar surface area (TPSA) is 48.3 Å². The number of ether oxygens (including phenoxy) is 1. The van der Waals surface area contributed by atoms with E-state index >= 15 is 0 Å². The molecule has 1 aromatic carbocycles. The summed E-state index contributed by atoms with van der Waals surface area (Å²) < 4.78 is 19.8. The third kappa shape index (κ3) is 3.61. The van der Waals surface area contributed by atoms with Gasteiger partial charge in [-0.1, -0.05) is 6.92 Å². The van der Waals surface area contributed by atoms with Crippen LogP contribution in [-0.4, -0.2) is 21.1 Å². The zero-order valence-electron chi connectivity index (χ0n) is 14.4. The lowest BCUT2D eigenvalue weighted by Gasteiger charge is -2.14. The van der Waals surface area contributed by atoms with Gasteiger partial charge in [-0.25, -0.2) is 0 Å². The lowest BCUT2D eigenvalue weighted by molar-refractivity contribution is 0.301. The molecule has 3 rings (SSSR count). The largest absolute Gasteiger partial charge is 0.493 e. The first-order valence-electron chi connectivity index (χ1n) is 8.32. The van der Waals surface area contributed by atoms with Crippen molar-refractivity contribution in [2.45, 2.75) is 31.6 Å². The first-order valence-corrected chi connectivity index (χ1v) is 9.64. The fraction of sp³-hybridized carbons (Fsp3) is 0.421. The lowest BCUT2D eigenvalue weighted by Crippen LogP contribution is -2.18. The Morgan fingerprint density at radius 2 is 2.04 bits per heavy atom. The van der Waals surface area contributed by atoms with Gasteiger partial charge in [-0.2, -0.15) is 0 Å². The molecule has 0 spiro atoms. The molecule has 0 bridgehead atoms. The summed E-state index contributed by atoms with van der Waals surface area (Å²) in [6, 6.07) is 7.59. The van der Waals surface area contributed by atoms with Gasteiger partial charge < -0.3 is 9.30 Å². The van der Waals surface area contributed by atoms with E-state index in [0.29, 0.717) is 23.8 Å². The Morgan fingerprint density at radius 3 is 2.67 bits per heavy atom. The Kier molecular flexibility index (Phi) is 4.90. The molecule has 4 nitrogen and oxygen atoms in total. The van der Waals surface area contributed by atoms with Gasteiger partial charge in [0.1, 0.15) is 5.75 Å². The van der Waals surface area contributed by atoms with Crippen molar-refractivity contribution in [2.75, 3.05) is 12.4 Å². The Labute approximate surface area is 144 Å². The van der Waals surface area contributed by atoms with Crippen molar-refractivity contribution in [1.29, 1.82) is 0 Å². The van der Waals surface area contributed by atoms with Crippen molar-refractivity contribution in [1.82, 2.24) is 4.57 Å². The molecule has 1 fully saturated rings. The van der Waals surface area contributed by atoms with E-state index in [4.69, 9.17) is 4.74 Å². The van der Waals surface area contributed by atoms with Gasteiger partial charge in [0.15, 0.2) is 0 Å². The quantitative estimate of drug-likeness (QED) is 0.807. The van der Waals surface area contributed by atoms with Crippen LogP contribution in [0.2, 0.25) is 0 Å². The maximum absolute atomic E-state index is 12.2. The number of hydrogen-bond donors (Lipinski definition) is 0. The van der Waals surface area contributed by atoms with Gasteiger partial charge in [-0.3, -0.25) is 9.00 Å². The number of rotatable bonds is 6. The van der Waals surface area contributed by atoms with Crippen molar-refractivity contribution in [3.63, 3.8) is 0 Å². The number of pyridine rings is 1. The minimum atomic E-state index is -1.02. The number of hydrogen-bond acceptors (Lipinski definition) is 3. The zero-order chi connectivity index (χ0) is 17.3. The highest BCUT2D eigenvalue weighted by Gasteiger charge is 2.23. The molecule has 5 heteroatoms. The highest BCUT2D eigenvalue weighted by atomic mass is 32.2. The van der Waals surface area contributed by atoms with E-state index < -0.39 is 10.8 Å². The smallest absolute Gasteiger partial charge is 0.253 e. The SMILES string of the molecule is CCS(=O)c1ccc(OCC2CC2)c(-c2cc(C)c(=O)n(C)c2)c1. The van der Waals surface area contributed by atoms with Crippen LogP contribution in [0, 0.1) is 12.8 Å². The molecule has 1 aliphatic rings. The minimum Gasteiger partial charge on any atom is -0.493 e.